The van der Waals surface area contributed by atoms with Crippen LogP contribution in [0.15, 0.2) is 24.3 Å². The molecule has 1 aromatic rings. The van der Waals surface area contributed by atoms with E-state index in [0.29, 0.717) is 18.7 Å². The maximum Gasteiger partial charge on any atom is 0.244 e. The first-order chi connectivity index (χ1) is 11.3. The number of unbranched alkanes of at least 4 members (excludes halogenated alkanes) is 1. The summed E-state index contributed by atoms with van der Waals surface area (Å²) in [7, 11) is 0. The zero-order valence-electron chi connectivity index (χ0n) is 14.9. The minimum atomic E-state index is -0.245. The molecule has 1 rings (SSSR count). The van der Waals surface area contributed by atoms with Gasteiger partial charge in [-0.15, -0.1) is 0 Å². The summed E-state index contributed by atoms with van der Waals surface area (Å²) in [5, 5.41) is 5.57. The van der Waals surface area contributed by atoms with Gasteiger partial charge < -0.3 is 10.6 Å². The number of rotatable bonds is 8. The van der Waals surface area contributed by atoms with Gasteiger partial charge in [-0.05, 0) is 54.5 Å². The van der Waals surface area contributed by atoms with Crippen molar-refractivity contribution in [3.8, 4) is 0 Å². The highest BCUT2D eigenvalue weighted by Gasteiger charge is 2.10. The van der Waals surface area contributed by atoms with E-state index in [1.54, 1.807) is 25.1 Å². The van der Waals surface area contributed by atoms with Gasteiger partial charge in [-0.3, -0.25) is 9.59 Å². The fraction of sp³-hybridized carbons (Fsp3) is 0.474. The normalized spacial score (nSPS) is 11.5. The Morgan fingerprint density at radius 1 is 1.17 bits per heavy atom. The van der Waals surface area contributed by atoms with Gasteiger partial charge in [0.1, 0.15) is 5.82 Å². The van der Waals surface area contributed by atoms with Crippen molar-refractivity contribution >= 4 is 17.4 Å². The minimum absolute atomic E-state index is 0.0434. The molecule has 2 N–H and O–H groups in total. The predicted molar refractivity (Wildman–Crippen MR) is 94.9 cm³/mol. The van der Waals surface area contributed by atoms with Gasteiger partial charge in [-0.2, -0.15) is 0 Å². The Morgan fingerprint density at radius 3 is 2.33 bits per heavy atom. The van der Waals surface area contributed by atoms with Gasteiger partial charge in [0.2, 0.25) is 11.8 Å². The average Bonchev–Trinajstić information content (AvgIpc) is 2.50. The van der Waals surface area contributed by atoms with Crippen LogP contribution in [-0.4, -0.2) is 24.9 Å². The molecule has 0 aliphatic rings. The second-order valence-electron chi connectivity index (χ2n) is 6.20. The highest BCUT2D eigenvalue weighted by Crippen LogP contribution is 2.24. The number of hydrogen-bond donors (Lipinski definition) is 2. The van der Waals surface area contributed by atoms with Gasteiger partial charge in [0.05, 0.1) is 0 Å². The summed E-state index contributed by atoms with van der Waals surface area (Å²) >= 11 is 0. The van der Waals surface area contributed by atoms with E-state index in [-0.39, 0.29) is 23.5 Å². The van der Waals surface area contributed by atoms with Gasteiger partial charge in [-0.25, -0.2) is 4.39 Å². The number of amides is 2. The predicted octanol–water partition coefficient (Wildman–Crippen LogP) is 3.21. The van der Waals surface area contributed by atoms with Crippen molar-refractivity contribution < 1.29 is 14.0 Å². The summed E-state index contributed by atoms with van der Waals surface area (Å²) < 4.78 is 13.4. The molecule has 0 saturated carbocycles. The topological polar surface area (TPSA) is 58.2 Å². The molecule has 0 saturated heterocycles. The lowest BCUT2D eigenvalue weighted by Gasteiger charge is -2.13. The summed E-state index contributed by atoms with van der Waals surface area (Å²) in [6.45, 7) is 8.38. The van der Waals surface area contributed by atoms with E-state index >= 15 is 0 Å². The average molecular weight is 334 g/mol. The van der Waals surface area contributed by atoms with Crippen LogP contribution in [0.25, 0.3) is 5.57 Å². The van der Waals surface area contributed by atoms with Crippen LogP contribution in [0.1, 0.15) is 44.7 Å². The second-order valence-corrected chi connectivity index (χ2v) is 6.20. The standard InChI is InChI=1S/C19H27FN2O2/c1-13(2)17(16-7-8-18(20)14(3)11-16)12-19(24)22-10-6-5-9-21-15(4)23/h7-8,11-13H,5-6,9-10H2,1-4H3,(H,21,23)(H,22,24)/b17-12+. The Morgan fingerprint density at radius 2 is 1.79 bits per heavy atom. The summed E-state index contributed by atoms with van der Waals surface area (Å²) in [5.41, 5.74) is 2.32. The highest BCUT2D eigenvalue weighted by atomic mass is 19.1. The summed E-state index contributed by atoms with van der Waals surface area (Å²) in [5.74, 6) is -0.288. The molecule has 5 heteroatoms. The largest absolute Gasteiger partial charge is 0.356 e. The molecule has 0 aliphatic heterocycles. The molecule has 0 atom stereocenters. The first kappa shape index (κ1) is 19.9. The van der Waals surface area contributed by atoms with Crippen molar-refractivity contribution in [3.63, 3.8) is 0 Å². The van der Waals surface area contributed by atoms with Crippen molar-refractivity contribution in [1.29, 1.82) is 0 Å². The van der Waals surface area contributed by atoms with Gasteiger partial charge in [0, 0.05) is 26.1 Å². The lowest BCUT2D eigenvalue weighted by Crippen LogP contribution is -2.25. The third kappa shape index (κ3) is 6.94. The van der Waals surface area contributed by atoms with Gasteiger partial charge in [-0.1, -0.05) is 19.9 Å². The van der Waals surface area contributed by atoms with E-state index in [2.05, 4.69) is 10.6 Å². The molecule has 0 spiro atoms. The van der Waals surface area contributed by atoms with Gasteiger partial charge in [0.15, 0.2) is 0 Å². The van der Waals surface area contributed by atoms with Crippen molar-refractivity contribution in [3.05, 3.63) is 41.2 Å². The smallest absolute Gasteiger partial charge is 0.244 e. The maximum atomic E-state index is 13.4. The molecule has 0 fully saturated rings. The number of nitrogens with one attached hydrogen (secondary N) is 2. The molecule has 24 heavy (non-hydrogen) atoms. The van der Waals surface area contributed by atoms with Crippen LogP contribution in [0, 0.1) is 18.7 Å². The Kier molecular flexibility index (Phi) is 8.16. The third-order valence-corrected chi connectivity index (χ3v) is 3.68. The molecule has 0 heterocycles. The van der Waals surface area contributed by atoms with Gasteiger partial charge >= 0.3 is 0 Å². The Labute approximate surface area is 143 Å². The van der Waals surface area contributed by atoms with Crippen LogP contribution in [0.4, 0.5) is 4.39 Å². The zero-order valence-corrected chi connectivity index (χ0v) is 14.9. The lowest BCUT2D eigenvalue weighted by molar-refractivity contribution is -0.119. The summed E-state index contributed by atoms with van der Waals surface area (Å²) in [6.07, 6.45) is 3.20. The van der Waals surface area contributed by atoms with E-state index in [1.165, 1.54) is 13.0 Å². The van der Waals surface area contributed by atoms with Crippen molar-refractivity contribution in [2.24, 2.45) is 5.92 Å². The fourth-order valence-electron chi connectivity index (χ4n) is 2.33. The summed E-state index contributed by atoms with van der Waals surface area (Å²) in [4.78, 5) is 22.8. The summed E-state index contributed by atoms with van der Waals surface area (Å²) in [6, 6.07) is 4.90. The van der Waals surface area contributed by atoms with Gasteiger partial charge in [0.25, 0.3) is 0 Å². The van der Waals surface area contributed by atoms with E-state index in [9.17, 15) is 14.0 Å². The molecule has 4 nitrogen and oxygen atoms in total. The number of carbonyl (C=O) groups is 2. The van der Waals surface area contributed by atoms with E-state index in [4.69, 9.17) is 0 Å². The molecule has 0 bridgehead atoms. The number of allylic oxidation sites excluding steroid dienone is 1. The molecule has 2 amide bonds. The Bertz CT molecular complexity index is 609. The third-order valence-electron chi connectivity index (χ3n) is 3.68. The molecular weight excluding hydrogens is 307 g/mol. The number of halogens is 1. The molecule has 0 unspecified atom stereocenters. The van der Waals surface area contributed by atoms with E-state index < -0.39 is 0 Å². The van der Waals surface area contributed by atoms with Crippen LogP contribution in [0.5, 0.6) is 0 Å². The SMILES string of the molecule is CC(=O)NCCCCNC(=O)/C=C(/c1ccc(F)c(C)c1)C(C)C. The molecule has 0 aliphatic carbocycles. The van der Waals surface area contributed by atoms with Crippen molar-refractivity contribution in [2.75, 3.05) is 13.1 Å². The lowest BCUT2D eigenvalue weighted by atomic mass is 9.93. The number of aryl methyl sites for hydroxylation is 1. The fourth-order valence-corrected chi connectivity index (χ4v) is 2.33. The first-order valence-electron chi connectivity index (χ1n) is 8.31. The highest BCUT2D eigenvalue weighted by molar-refractivity contribution is 5.95. The number of carbonyl (C=O) groups excluding carboxylic acids is 2. The molecule has 132 valence electrons. The molecular formula is C19H27FN2O2. The maximum absolute atomic E-state index is 13.4. The minimum Gasteiger partial charge on any atom is -0.356 e. The monoisotopic (exact) mass is 334 g/mol. The first-order valence-corrected chi connectivity index (χ1v) is 8.31. The van der Waals surface area contributed by atoms with Crippen LogP contribution >= 0.6 is 0 Å². The van der Waals surface area contributed by atoms with E-state index in [0.717, 1.165) is 24.0 Å². The van der Waals surface area contributed by atoms with Crippen LogP contribution in [-0.2, 0) is 9.59 Å². The number of hydrogen-bond acceptors (Lipinski definition) is 2. The quantitative estimate of drug-likeness (QED) is 0.566. The van der Waals surface area contributed by atoms with Crippen LogP contribution in [0.2, 0.25) is 0 Å². The molecule has 0 aromatic heterocycles. The Hall–Kier alpha value is -2.17. The Balaban J connectivity index is 2.60. The molecule has 0 radical (unpaired) electrons. The number of benzene rings is 1. The zero-order chi connectivity index (χ0) is 18.1. The molecule has 1 aromatic carbocycles. The van der Waals surface area contributed by atoms with Crippen molar-refractivity contribution in [1.82, 2.24) is 10.6 Å². The van der Waals surface area contributed by atoms with Crippen LogP contribution in [0.3, 0.4) is 0 Å². The second kappa shape index (κ2) is 9.85. The van der Waals surface area contributed by atoms with Crippen LogP contribution < -0.4 is 10.6 Å². The van der Waals surface area contributed by atoms with E-state index in [1.807, 2.05) is 13.8 Å². The van der Waals surface area contributed by atoms with Crippen molar-refractivity contribution in [2.45, 2.75) is 40.5 Å².